The minimum absolute atomic E-state index is 0.0743. The maximum absolute atomic E-state index is 12.5. The van der Waals surface area contributed by atoms with Gasteiger partial charge in [0.25, 0.3) is 0 Å². The highest BCUT2D eigenvalue weighted by Gasteiger charge is 2.18. The third-order valence-corrected chi connectivity index (χ3v) is 3.58. The van der Waals surface area contributed by atoms with E-state index in [0.29, 0.717) is 18.0 Å². The second-order valence-electron chi connectivity index (χ2n) is 5.27. The van der Waals surface area contributed by atoms with Crippen molar-refractivity contribution >= 4 is 5.91 Å². The van der Waals surface area contributed by atoms with Crippen LogP contribution in [-0.2, 0) is 0 Å². The summed E-state index contributed by atoms with van der Waals surface area (Å²) in [5, 5.41) is 4.15. The molecule has 6 nitrogen and oxygen atoms in total. The van der Waals surface area contributed by atoms with Gasteiger partial charge in [-0.2, -0.15) is 9.67 Å². The standard InChI is InChI=1S/C17H23N3O3/c1-4-5-6-7-11-15(21)20-16(18-17(19-20)23-3)13-9-8-10-14(12-13)22-2/h8-10,12H,4-7,11H2,1-3H3. The molecule has 124 valence electrons. The van der Waals surface area contributed by atoms with Crippen molar-refractivity contribution in [1.29, 1.82) is 0 Å². The van der Waals surface area contributed by atoms with Gasteiger partial charge in [-0.15, -0.1) is 5.10 Å². The van der Waals surface area contributed by atoms with Crippen LogP contribution in [0.5, 0.6) is 11.8 Å². The topological polar surface area (TPSA) is 66.2 Å². The van der Waals surface area contributed by atoms with Crippen LogP contribution in [0.1, 0.15) is 43.8 Å². The summed E-state index contributed by atoms with van der Waals surface area (Å²) < 4.78 is 11.6. The molecule has 0 spiro atoms. The first-order valence-electron chi connectivity index (χ1n) is 7.88. The van der Waals surface area contributed by atoms with E-state index in [1.807, 2.05) is 24.3 Å². The number of ether oxygens (including phenoxy) is 2. The lowest BCUT2D eigenvalue weighted by Gasteiger charge is -2.06. The van der Waals surface area contributed by atoms with Crippen molar-refractivity contribution < 1.29 is 14.3 Å². The van der Waals surface area contributed by atoms with Gasteiger partial charge in [-0.1, -0.05) is 38.3 Å². The predicted molar refractivity (Wildman–Crippen MR) is 87.9 cm³/mol. The monoisotopic (exact) mass is 317 g/mol. The molecule has 1 aromatic heterocycles. The molecular formula is C17H23N3O3. The van der Waals surface area contributed by atoms with E-state index in [2.05, 4.69) is 17.0 Å². The van der Waals surface area contributed by atoms with Crippen molar-refractivity contribution in [3.8, 4) is 23.1 Å². The average Bonchev–Trinajstić information content (AvgIpc) is 3.03. The third kappa shape index (κ3) is 4.31. The Morgan fingerprint density at radius 2 is 2.00 bits per heavy atom. The molecule has 0 atom stereocenters. The van der Waals surface area contributed by atoms with E-state index < -0.39 is 0 Å². The Balaban J connectivity index is 2.25. The summed E-state index contributed by atoms with van der Waals surface area (Å²) in [6.45, 7) is 2.14. The first-order valence-corrected chi connectivity index (χ1v) is 7.88. The lowest BCUT2D eigenvalue weighted by atomic mass is 10.1. The molecule has 0 N–H and O–H groups in total. The molecule has 0 fully saturated rings. The van der Waals surface area contributed by atoms with E-state index in [0.717, 1.165) is 31.2 Å². The van der Waals surface area contributed by atoms with E-state index >= 15 is 0 Å². The molecule has 0 saturated carbocycles. The Bertz CT molecular complexity index is 652. The number of hydrogen-bond donors (Lipinski definition) is 0. The summed E-state index contributed by atoms with van der Waals surface area (Å²) in [5.41, 5.74) is 0.766. The molecule has 1 aromatic carbocycles. The van der Waals surface area contributed by atoms with Gasteiger partial charge >= 0.3 is 6.01 Å². The highest BCUT2D eigenvalue weighted by atomic mass is 16.5. The van der Waals surface area contributed by atoms with Gasteiger partial charge in [-0.05, 0) is 18.6 Å². The number of carbonyl (C=O) groups excluding carboxylic acids is 1. The Kier molecular flexibility index (Phi) is 6.14. The van der Waals surface area contributed by atoms with Crippen LogP contribution >= 0.6 is 0 Å². The Morgan fingerprint density at radius 3 is 2.70 bits per heavy atom. The minimum Gasteiger partial charge on any atom is -0.497 e. The van der Waals surface area contributed by atoms with Crippen LogP contribution < -0.4 is 9.47 Å². The molecule has 0 aliphatic rings. The van der Waals surface area contributed by atoms with Crippen molar-refractivity contribution in [2.45, 2.75) is 39.0 Å². The molecule has 0 aliphatic heterocycles. The molecule has 1 heterocycles. The lowest BCUT2D eigenvalue weighted by Crippen LogP contribution is -2.14. The molecule has 0 aliphatic carbocycles. The van der Waals surface area contributed by atoms with E-state index in [1.54, 1.807) is 7.11 Å². The SMILES string of the molecule is CCCCCCC(=O)n1nc(OC)nc1-c1cccc(OC)c1. The number of rotatable bonds is 8. The van der Waals surface area contributed by atoms with Gasteiger partial charge < -0.3 is 9.47 Å². The average molecular weight is 317 g/mol. The Hall–Kier alpha value is -2.37. The van der Waals surface area contributed by atoms with Crippen LogP contribution in [0.2, 0.25) is 0 Å². The number of carbonyl (C=O) groups is 1. The highest BCUT2D eigenvalue weighted by molar-refractivity contribution is 5.82. The van der Waals surface area contributed by atoms with E-state index in [9.17, 15) is 4.79 Å². The molecule has 0 radical (unpaired) electrons. The molecule has 0 saturated heterocycles. The van der Waals surface area contributed by atoms with Gasteiger partial charge in [0.1, 0.15) is 5.75 Å². The second kappa shape index (κ2) is 8.31. The van der Waals surface area contributed by atoms with Crippen LogP contribution in [0.3, 0.4) is 0 Å². The van der Waals surface area contributed by atoms with Crippen LogP contribution in [0.25, 0.3) is 11.4 Å². The zero-order chi connectivity index (χ0) is 16.7. The van der Waals surface area contributed by atoms with Gasteiger partial charge in [-0.3, -0.25) is 4.79 Å². The van der Waals surface area contributed by atoms with Gasteiger partial charge in [0.2, 0.25) is 5.91 Å². The number of hydrogen-bond acceptors (Lipinski definition) is 5. The number of unbranched alkanes of at least 4 members (excludes halogenated alkanes) is 3. The van der Waals surface area contributed by atoms with E-state index in [-0.39, 0.29) is 11.9 Å². The summed E-state index contributed by atoms with van der Waals surface area (Å²) in [6.07, 6.45) is 4.62. The van der Waals surface area contributed by atoms with Gasteiger partial charge in [0.05, 0.1) is 14.2 Å². The second-order valence-corrected chi connectivity index (χ2v) is 5.27. The molecule has 0 unspecified atom stereocenters. The molecule has 0 amide bonds. The fourth-order valence-electron chi connectivity index (χ4n) is 2.31. The van der Waals surface area contributed by atoms with Crippen LogP contribution in [0.15, 0.2) is 24.3 Å². The molecule has 23 heavy (non-hydrogen) atoms. The fraction of sp³-hybridized carbons (Fsp3) is 0.471. The Morgan fingerprint density at radius 1 is 1.17 bits per heavy atom. The van der Waals surface area contributed by atoms with Crippen molar-refractivity contribution in [3.05, 3.63) is 24.3 Å². The van der Waals surface area contributed by atoms with Gasteiger partial charge in [0, 0.05) is 12.0 Å². The van der Waals surface area contributed by atoms with Crippen molar-refractivity contribution in [2.24, 2.45) is 0 Å². The molecule has 2 rings (SSSR count). The summed E-state index contributed by atoms with van der Waals surface area (Å²) in [5.74, 6) is 1.10. The first-order chi connectivity index (χ1) is 11.2. The zero-order valence-electron chi connectivity index (χ0n) is 13.9. The number of benzene rings is 1. The maximum Gasteiger partial charge on any atom is 0.336 e. The summed E-state index contributed by atoms with van der Waals surface area (Å²) >= 11 is 0. The number of nitrogens with zero attached hydrogens (tertiary/aromatic N) is 3. The predicted octanol–water partition coefficient (Wildman–Crippen LogP) is 3.57. The van der Waals surface area contributed by atoms with Crippen molar-refractivity contribution in [3.63, 3.8) is 0 Å². The smallest absolute Gasteiger partial charge is 0.336 e. The minimum atomic E-state index is -0.0743. The van der Waals surface area contributed by atoms with E-state index in [4.69, 9.17) is 9.47 Å². The zero-order valence-corrected chi connectivity index (χ0v) is 13.9. The normalized spacial score (nSPS) is 10.6. The van der Waals surface area contributed by atoms with E-state index in [1.165, 1.54) is 11.8 Å². The molecule has 0 bridgehead atoms. The number of aromatic nitrogens is 3. The lowest BCUT2D eigenvalue weighted by molar-refractivity contribution is 0.0883. The summed E-state index contributed by atoms with van der Waals surface area (Å²) in [7, 11) is 3.09. The third-order valence-electron chi connectivity index (χ3n) is 3.58. The molecular weight excluding hydrogens is 294 g/mol. The highest BCUT2D eigenvalue weighted by Crippen LogP contribution is 2.24. The largest absolute Gasteiger partial charge is 0.497 e. The van der Waals surface area contributed by atoms with Crippen molar-refractivity contribution in [1.82, 2.24) is 14.8 Å². The molecule has 2 aromatic rings. The molecule has 6 heteroatoms. The quantitative estimate of drug-likeness (QED) is 0.696. The van der Waals surface area contributed by atoms with Gasteiger partial charge in [-0.25, -0.2) is 0 Å². The number of methoxy groups -OCH3 is 2. The summed E-state index contributed by atoms with van der Waals surface area (Å²) in [4.78, 5) is 16.8. The fourth-order valence-corrected chi connectivity index (χ4v) is 2.31. The van der Waals surface area contributed by atoms with Crippen molar-refractivity contribution in [2.75, 3.05) is 14.2 Å². The van der Waals surface area contributed by atoms with Gasteiger partial charge in [0.15, 0.2) is 5.82 Å². The maximum atomic E-state index is 12.5. The summed E-state index contributed by atoms with van der Waals surface area (Å²) in [6, 6.07) is 7.57. The van der Waals surface area contributed by atoms with Crippen LogP contribution in [-0.4, -0.2) is 34.9 Å². The Labute approximate surface area is 136 Å². The first kappa shape index (κ1) is 17.0. The van der Waals surface area contributed by atoms with Crippen LogP contribution in [0, 0.1) is 0 Å². The van der Waals surface area contributed by atoms with Crippen LogP contribution in [0.4, 0.5) is 0 Å².